The second kappa shape index (κ2) is 14.7. The highest BCUT2D eigenvalue weighted by Crippen LogP contribution is 2.50. The number of anilines is 1. The van der Waals surface area contributed by atoms with Crippen molar-refractivity contribution in [1.29, 1.82) is 0 Å². The molecule has 2 amide bonds. The molecular formula is C34H42N4O6. The van der Waals surface area contributed by atoms with Gasteiger partial charge < -0.3 is 30.2 Å². The zero-order chi connectivity index (χ0) is 31.8. The molecule has 3 atom stereocenters. The maximum atomic E-state index is 13.8. The zero-order valence-electron chi connectivity index (χ0n) is 26.3. The van der Waals surface area contributed by atoms with Gasteiger partial charge in [0.25, 0.3) is 0 Å². The van der Waals surface area contributed by atoms with Crippen LogP contribution in [0.15, 0.2) is 53.6 Å². The monoisotopic (exact) mass is 602 g/mol. The maximum Gasteiger partial charge on any atom is 0.242 e. The number of aryl methyl sites for hydroxylation is 1. The number of methoxy groups -OCH3 is 3. The topological polar surface area (TPSA) is 128 Å². The van der Waals surface area contributed by atoms with E-state index in [1.807, 2.05) is 38.1 Å². The minimum absolute atomic E-state index is 0.0525. The Balaban J connectivity index is 1.77. The van der Waals surface area contributed by atoms with E-state index in [2.05, 4.69) is 20.9 Å². The van der Waals surface area contributed by atoms with E-state index >= 15 is 0 Å². The molecule has 10 heteroatoms. The number of ether oxygens (including phenoxy) is 3. The molecule has 0 aliphatic heterocycles. The van der Waals surface area contributed by atoms with Gasteiger partial charge in [0.2, 0.25) is 23.0 Å². The third kappa shape index (κ3) is 7.12. The Labute approximate surface area is 258 Å². The summed E-state index contributed by atoms with van der Waals surface area (Å²) in [4.78, 5) is 43.5. The second-order valence-electron chi connectivity index (χ2n) is 11.0. The van der Waals surface area contributed by atoms with Gasteiger partial charge in [-0.05, 0) is 77.8 Å². The van der Waals surface area contributed by atoms with E-state index in [1.165, 1.54) is 6.92 Å². The van der Waals surface area contributed by atoms with Gasteiger partial charge in [0.05, 0.1) is 33.1 Å². The van der Waals surface area contributed by atoms with E-state index in [4.69, 9.17) is 14.2 Å². The Morgan fingerprint density at radius 3 is 2.39 bits per heavy atom. The fourth-order valence-electron chi connectivity index (χ4n) is 5.69. The fraction of sp³-hybridized carbons (Fsp3) is 0.412. The van der Waals surface area contributed by atoms with E-state index in [0.717, 1.165) is 28.7 Å². The van der Waals surface area contributed by atoms with Crippen molar-refractivity contribution in [2.24, 2.45) is 5.92 Å². The summed E-state index contributed by atoms with van der Waals surface area (Å²) >= 11 is 0. The van der Waals surface area contributed by atoms with E-state index in [9.17, 15) is 14.4 Å². The van der Waals surface area contributed by atoms with E-state index < -0.39 is 12.1 Å². The first kappa shape index (κ1) is 32.3. The summed E-state index contributed by atoms with van der Waals surface area (Å²) in [6.45, 7) is 5.91. The highest BCUT2D eigenvalue weighted by molar-refractivity contribution is 5.86. The van der Waals surface area contributed by atoms with Gasteiger partial charge in [0.1, 0.15) is 6.04 Å². The third-order valence-electron chi connectivity index (χ3n) is 8.18. The number of rotatable bonds is 12. The molecule has 0 spiro atoms. The molecule has 1 aliphatic carbocycles. The molecule has 0 bridgehead atoms. The number of carbonyl (C=O) groups excluding carboxylic acids is 2. The highest BCUT2D eigenvalue weighted by Gasteiger charge is 2.30. The lowest BCUT2D eigenvalue weighted by Crippen LogP contribution is -2.45. The molecule has 2 aromatic carbocycles. The third-order valence-corrected chi connectivity index (χ3v) is 8.18. The lowest BCUT2D eigenvalue weighted by atomic mass is 9.95. The van der Waals surface area contributed by atoms with Gasteiger partial charge in [-0.3, -0.25) is 19.4 Å². The van der Waals surface area contributed by atoms with Crippen LogP contribution >= 0.6 is 0 Å². The highest BCUT2D eigenvalue weighted by atomic mass is 16.5. The van der Waals surface area contributed by atoms with Gasteiger partial charge in [0, 0.05) is 31.4 Å². The van der Waals surface area contributed by atoms with Crippen LogP contribution < -0.4 is 35.6 Å². The summed E-state index contributed by atoms with van der Waals surface area (Å²) in [7, 11) is 4.68. The molecule has 10 nitrogen and oxygen atoms in total. The Bertz CT molecular complexity index is 1550. The van der Waals surface area contributed by atoms with Crippen molar-refractivity contribution in [3.63, 3.8) is 0 Å². The number of hydrogen-bond acceptors (Lipinski definition) is 8. The standard InChI is InChI=1S/C34H42N4O6/c1-7-20(2)31(34(41)36-17-14-22-12-15-35-16-13-22)38-27-11-9-24-25(19-28(27)40)26(37-21(3)39)10-8-23-18-29(42-4)32(43-5)33(44-6)30(23)24/h9,11-13,15-16,18-20,26,31H,7-8,10,14,17H2,1-6H3,(H,36,41)(H,37,39)(H,38,40)/t20-,26+,31+/m0/s1. The predicted molar refractivity (Wildman–Crippen MR) is 170 cm³/mol. The number of fused-ring (bicyclic) bond motifs is 3. The second-order valence-corrected chi connectivity index (χ2v) is 11.0. The molecule has 1 aliphatic rings. The lowest BCUT2D eigenvalue weighted by Gasteiger charge is -2.24. The summed E-state index contributed by atoms with van der Waals surface area (Å²) in [6.07, 6.45) is 6.01. The van der Waals surface area contributed by atoms with Gasteiger partial charge in [0.15, 0.2) is 11.5 Å². The molecule has 0 radical (unpaired) electrons. The molecular weight excluding hydrogens is 560 g/mol. The van der Waals surface area contributed by atoms with Crippen molar-refractivity contribution in [3.8, 4) is 28.4 Å². The molecule has 0 saturated carbocycles. The number of amides is 2. The lowest BCUT2D eigenvalue weighted by molar-refractivity contribution is -0.123. The van der Waals surface area contributed by atoms with Crippen LogP contribution in [0.1, 0.15) is 56.3 Å². The van der Waals surface area contributed by atoms with Crippen LogP contribution in [-0.2, 0) is 22.4 Å². The largest absolute Gasteiger partial charge is 0.493 e. The van der Waals surface area contributed by atoms with Gasteiger partial charge in [-0.2, -0.15) is 0 Å². The summed E-state index contributed by atoms with van der Waals surface area (Å²) < 4.78 is 17.1. The number of carbonyl (C=O) groups is 2. The smallest absolute Gasteiger partial charge is 0.242 e. The molecule has 44 heavy (non-hydrogen) atoms. The van der Waals surface area contributed by atoms with Crippen molar-refractivity contribution in [2.45, 2.75) is 58.5 Å². The summed E-state index contributed by atoms with van der Waals surface area (Å²) in [5.74, 6) is 1.01. The van der Waals surface area contributed by atoms with Crippen LogP contribution in [0, 0.1) is 5.92 Å². The minimum atomic E-state index is -0.635. The predicted octanol–water partition coefficient (Wildman–Crippen LogP) is 4.44. The van der Waals surface area contributed by atoms with Crippen LogP contribution in [0.5, 0.6) is 17.2 Å². The van der Waals surface area contributed by atoms with Gasteiger partial charge in [-0.1, -0.05) is 26.3 Å². The molecule has 0 unspecified atom stereocenters. The summed E-state index contributed by atoms with van der Waals surface area (Å²) in [5.41, 5.74) is 4.16. The summed E-state index contributed by atoms with van der Waals surface area (Å²) in [6, 6.07) is 9.80. The first-order chi connectivity index (χ1) is 21.2. The maximum absolute atomic E-state index is 13.8. The van der Waals surface area contributed by atoms with Gasteiger partial charge in [-0.15, -0.1) is 0 Å². The van der Waals surface area contributed by atoms with E-state index in [1.54, 1.807) is 45.9 Å². The van der Waals surface area contributed by atoms with E-state index in [-0.39, 0.29) is 28.8 Å². The minimum Gasteiger partial charge on any atom is -0.493 e. The van der Waals surface area contributed by atoms with E-state index in [0.29, 0.717) is 48.6 Å². The normalized spacial score (nSPS) is 15.0. The SMILES string of the molecule is CC[C@H](C)[C@@H](Nc1ccc2c(cc1=O)[C@H](NC(C)=O)CCc1cc(OC)c(OC)c(OC)c1-2)C(=O)NCCc1ccncc1. The average molecular weight is 603 g/mol. The van der Waals surface area contributed by atoms with Crippen molar-refractivity contribution < 1.29 is 23.8 Å². The quantitative estimate of drug-likeness (QED) is 0.278. The zero-order valence-corrected chi connectivity index (χ0v) is 26.3. The number of pyridine rings is 1. The van der Waals surface area contributed by atoms with Crippen LogP contribution in [0.3, 0.4) is 0 Å². The van der Waals surface area contributed by atoms with Crippen LogP contribution in [0.4, 0.5) is 5.69 Å². The van der Waals surface area contributed by atoms with Crippen molar-refractivity contribution in [3.05, 3.63) is 75.7 Å². The van der Waals surface area contributed by atoms with Crippen LogP contribution in [0.25, 0.3) is 11.1 Å². The van der Waals surface area contributed by atoms with Gasteiger partial charge in [-0.25, -0.2) is 0 Å². The van der Waals surface area contributed by atoms with Crippen molar-refractivity contribution >= 4 is 17.5 Å². The van der Waals surface area contributed by atoms with Crippen molar-refractivity contribution in [1.82, 2.24) is 15.6 Å². The summed E-state index contributed by atoms with van der Waals surface area (Å²) in [5, 5.41) is 9.30. The molecule has 4 rings (SSSR count). The molecule has 0 fully saturated rings. The average Bonchev–Trinajstić information content (AvgIpc) is 3.26. The number of nitrogens with zero attached hydrogens (tertiary/aromatic N) is 1. The van der Waals surface area contributed by atoms with Gasteiger partial charge >= 0.3 is 0 Å². The molecule has 3 aromatic rings. The number of hydrogen-bond donors (Lipinski definition) is 3. The molecule has 234 valence electrons. The number of benzene rings is 1. The Kier molecular flexibility index (Phi) is 10.8. The van der Waals surface area contributed by atoms with Crippen LogP contribution in [0.2, 0.25) is 0 Å². The molecule has 1 heterocycles. The number of nitrogens with one attached hydrogen (secondary N) is 3. The first-order valence-corrected chi connectivity index (χ1v) is 14.9. The first-order valence-electron chi connectivity index (χ1n) is 14.9. The molecule has 0 saturated heterocycles. The molecule has 3 N–H and O–H groups in total. The van der Waals surface area contributed by atoms with Crippen LogP contribution in [-0.4, -0.2) is 50.7 Å². The Hall–Kier alpha value is -4.60. The fourth-order valence-corrected chi connectivity index (χ4v) is 5.69. The Morgan fingerprint density at radius 2 is 1.75 bits per heavy atom. The Morgan fingerprint density at radius 1 is 1.02 bits per heavy atom. The molecule has 1 aromatic heterocycles. The number of aromatic nitrogens is 1. The van der Waals surface area contributed by atoms with Crippen molar-refractivity contribution in [2.75, 3.05) is 33.2 Å².